The highest BCUT2D eigenvalue weighted by Gasteiger charge is 2.26. The van der Waals surface area contributed by atoms with Crippen LogP contribution in [0.2, 0.25) is 0 Å². The molecule has 2 N–H and O–H groups in total. The normalized spacial score (nSPS) is 30.3. The van der Waals surface area contributed by atoms with E-state index in [-0.39, 0.29) is 30.8 Å². The molecule has 0 unspecified atom stereocenters. The predicted octanol–water partition coefficient (Wildman–Crippen LogP) is 4.33. The number of fused-ring (bicyclic) bond motifs is 2. The van der Waals surface area contributed by atoms with Gasteiger partial charge in [0.15, 0.2) is 18.1 Å². The number of rotatable bonds is 4. The number of amides is 1. The first-order valence-electron chi connectivity index (χ1n) is 12.2. The van der Waals surface area contributed by atoms with Crippen molar-refractivity contribution < 1.29 is 29.0 Å². The molecule has 2 rings (SSSR count). The minimum Gasteiger partial charge on any atom is -0.454 e. The fourth-order valence-corrected chi connectivity index (χ4v) is 3.96. The molecule has 2 bridgehead atoms. The largest absolute Gasteiger partial charge is 0.454 e. The number of ether oxygens (including phenoxy) is 2. The molecule has 2 aliphatic rings. The number of cyclic esters (lactones) is 1. The molecule has 1 fully saturated rings. The van der Waals surface area contributed by atoms with Crippen molar-refractivity contribution in [3.05, 3.63) is 84.1 Å². The molecule has 36 heavy (non-hydrogen) atoms. The van der Waals surface area contributed by atoms with E-state index in [2.05, 4.69) is 11.9 Å². The van der Waals surface area contributed by atoms with E-state index >= 15 is 0 Å². The Labute approximate surface area is 213 Å². The summed E-state index contributed by atoms with van der Waals surface area (Å²) in [6.07, 6.45) is 15.6. The summed E-state index contributed by atoms with van der Waals surface area (Å²) in [4.78, 5) is 36.8. The molecule has 1 amide bonds. The molecule has 0 radical (unpaired) electrons. The molecule has 0 aromatic carbocycles. The SMILES string of the molecule is C=C1C[C@H]2C/C=C/C(=O)C/C(C)=C\C=C\C(=O)O[C@@H]([C@@H](O)NC(=O)/C=C/C=C\C)C/C(C)=C/[C@@H](C1)O2. The minimum atomic E-state index is -1.42. The molecule has 194 valence electrons. The molecule has 0 aromatic rings. The van der Waals surface area contributed by atoms with Crippen LogP contribution in [0, 0.1) is 0 Å². The molecular weight excluding hydrogens is 458 g/mol. The van der Waals surface area contributed by atoms with Gasteiger partial charge in [-0.2, -0.15) is 0 Å². The first-order valence-corrected chi connectivity index (χ1v) is 12.2. The Kier molecular flexibility index (Phi) is 12.0. The maximum Gasteiger partial charge on any atom is 0.331 e. The highest BCUT2D eigenvalue weighted by molar-refractivity contribution is 5.91. The Morgan fingerprint density at radius 3 is 2.69 bits per heavy atom. The highest BCUT2D eigenvalue weighted by atomic mass is 16.6. The van der Waals surface area contributed by atoms with Crippen molar-refractivity contribution in [1.29, 1.82) is 0 Å². The molecule has 2 aliphatic heterocycles. The highest BCUT2D eigenvalue weighted by Crippen LogP contribution is 2.27. The van der Waals surface area contributed by atoms with Crippen molar-refractivity contribution in [2.45, 2.75) is 77.4 Å². The number of esters is 1. The zero-order chi connectivity index (χ0) is 26.5. The predicted molar refractivity (Wildman–Crippen MR) is 140 cm³/mol. The Hall–Kier alpha value is -3.29. The summed E-state index contributed by atoms with van der Waals surface area (Å²) >= 11 is 0. The third kappa shape index (κ3) is 11.0. The lowest BCUT2D eigenvalue weighted by Crippen LogP contribution is -2.44. The van der Waals surface area contributed by atoms with Gasteiger partial charge in [0.2, 0.25) is 5.91 Å². The van der Waals surface area contributed by atoms with Gasteiger partial charge < -0.3 is 19.9 Å². The fraction of sp³-hybridized carbons (Fsp3) is 0.414. The summed E-state index contributed by atoms with van der Waals surface area (Å²) in [5.41, 5.74) is 2.67. The summed E-state index contributed by atoms with van der Waals surface area (Å²) in [5.74, 6) is -1.23. The van der Waals surface area contributed by atoms with Crippen molar-refractivity contribution >= 4 is 17.7 Å². The Morgan fingerprint density at radius 1 is 1.17 bits per heavy atom. The average Bonchev–Trinajstić information content (AvgIpc) is 2.77. The number of aliphatic hydroxyl groups excluding tert-OH is 1. The van der Waals surface area contributed by atoms with E-state index < -0.39 is 24.2 Å². The van der Waals surface area contributed by atoms with E-state index in [1.807, 2.05) is 26.0 Å². The van der Waals surface area contributed by atoms with Gasteiger partial charge >= 0.3 is 5.97 Å². The van der Waals surface area contributed by atoms with Crippen LogP contribution in [0.15, 0.2) is 84.1 Å². The van der Waals surface area contributed by atoms with Crippen LogP contribution in [0.3, 0.4) is 0 Å². The van der Waals surface area contributed by atoms with Crippen LogP contribution >= 0.6 is 0 Å². The smallest absolute Gasteiger partial charge is 0.331 e. The number of nitrogens with one attached hydrogen (secondary N) is 1. The lowest BCUT2D eigenvalue weighted by atomic mass is 9.95. The molecule has 4 atom stereocenters. The van der Waals surface area contributed by atoms with E-state index in [0.29, 0.717) is 12.8 Å². The minimum absolute atomic E-state index is 0.0369. The Bertz CT molecular complexity index is 997. The van der Waals surface area contributed by atoms with Gasteiger partial charge in [0.25, 0.3) is 0 Å². The lowest BCUT2D eigenvalue weighted by Gasteiger charge is -2.30. The van der Waals surface area contributed by atoms with Crippen molar-refractivity contribution in [1.82, 2.24) is 5.32 Å². The van der Waals surface area contributed by atoms with E-state index in [1.165, 1.54) is 18.2 Å². The second-order valence-electron chi connectivity index (χ2n) is 9.14. The third-order valence-electron chi connectivity index (χ3n) is 5.60. The number of allylic oxidation sites excluding steroid dienone is 7. The number of ketones is 1. The monoisotopic (exact) mass is 495 g/mol. The number of hydrogen-bond donors (Lipinski definition) is 2. The van der Waals surface area contributed by atoms with Gasteiger partial charge in [-0.3, -0.25) is 9.59 Å². The van der Waals surface area contributed by atoms with Crippen LogP contribution in [0.5, 0.6) is 0 Å². The van der Waals surface area contributed by atoms with Crippen molar-refractivity contribution in [3.8, 4) is 0 Å². The summed E-state index contributed by atoms with van der Waals surface area (Å²) in [5, 5.41) is 13.1. The van der Waals surface area contributed by atoms with E-state index in [1.54, 1.807) is 37.3 Å². The second-order valence-corrected chi connectivity index (χ2v) is 9.14. The molecule has 0 spiro atoms. The zero-order valence-corrected chi connectivity index (χ0v) is 21.3. The molecule has 2 heterocycles. The Morgan fingerprint density at radius 2 is 1.94 bits per heavy atom. The van der Waals surface area contributed by atoms with Gasteiger partial charge in [0.1, 0.15) is 0 Å². The fourth-order valence-electron chi connectivity index (χ4n) is 3.96. The molecule has 0 aliphatic carbocycles. The van der Waals surface area contributed by atoms with Crippen LogP contribution < -0.4 is 5.32 Å². The molecule has 0 aromatic heterocycles. The first-order chi connectivity index (χ1) is 17.2. The van der Waals surface area contributed by atoms with Gasteiger partial charge in [-0.1, -0.05) is 65.8 Å². The van der Waals surface area contributed by atoms with Crippen LogP contribution in [-0.4, -0.2) is 47.3 Å². The van der Waals surface area contributed by atoms with Gasteiger partial charge in [-0.15, -0.1) is 0 Å². The second kappa shape index (κ2) is 15.0. The van der Waals surface area contributed by atoms with Crippen molar-refractivity contribution in [2.75, 3.05) is 0 Å². The van der Waals surface area contributed by atoms with Crippen molar-refractivity contribution in [3.63, 3.8) is 0 Å². The maximum atomic E-state index is 12.5. The number of aliphatic hydroxyl groups is 1. The third-order valence-corrected chi connectivity index (χ3v) is 5.60. The van der Waals surface area contributed by atoms with Crippen molar-refractivity contribution in [2.24, 2.45) is 0 Å². The molecular formula is C29H37NO6. The summed E-state index contributed by atoms with van der Waals surface area (Å²) in [6, 6.07) is 0. The van der Waals surface area contributed by atoms with Gasteiger partial charge in [-0.05, 0) is 46.1 Å². The zero-order valence-electron chi connectivity index (χ0n) is 21.3. The maximum absolute atomic E-state index is 12.5. The van der Waals surface area contributed by atoms with Crippen LogP contribution in [0.25, 0.3) is 0 Å². The molecule has 7 nitrogen and oxygen atoms in total. The van der Waals surface area contributed by atoms with Gasteiger partial charge in [0, 0.05) is 25.0 Å². The van der Waals surface area contributed by atoms with Crippen LogP contribution in [0.4, 0.5) is 0 Å². The Balaban J connectivity index is 2.28. The number of carbonyl (C=O) groups is 3. The number of hydrogen-bond acceptors (Lipinski definition) is 6. The average molecular weight is 496 g/mol. The lowest BCUT2D eigenvalue weighted by molar-refractivity contribution is -0.151. The first kappa shape index (κ1) is 28.9. The molecule has 1 saturated heterocycles. The van der Waals surface area contributed by atoms with Gasteiger partial charge in [-0.25, -0.2) is 4.79 Å². The summed E-state index contributed by atoms with van der Waals surface area (Å²) in [6.45, 7) is 9.61. The summed E-state index contributed by atoms with van der Waals surface area (Å²) in [7, 11) is 0. The molecule has 7 heteroatoms. The summed E-state index contributed by atoms with van der Waals surface area (Å²) < 4.78 is 11.7. The van der Waals surface area contributed by atoms with E-state index in [4.69, 9.17) is 9.47 Å². The van der Waals surface area contributed by atoms with Crippen LogP contribution in [-0.2, 0) is 23.9 Å². The number of carbonyl (C=O) groups excluding carboxylic acids is 3. The van der Waals surface area contributed by atoms with E-state index in [9.17, 15) is 19.5 Å². The van der Waals surface area contributed by atoms with Crippen LogP contribution in [0.1, 0.15) is 52.9 Å². The quantitative estimate of drug-likeness (QED) is 0.198. The van der Waals surface area contributed by atoms with E-state index in [0.717, 1.165) is 23.1 Å². The topological polar surface area (TPSA) is 102 Å². The standard InChI is InChI=1S/C29H37NO6/c1-5-6-7-13-27(32)30-29(34)26-19-22(4)18-25-17-21(3)16-24(35-25)12-9-11-23(31)15-20(2)10-8-14-28(33)36-26/h5-11,13-14,18,24-26,29,34H,3,12,15-17,19H2,1-2,4H3,(H,30,32)/b6-5-,11-9+,13-7+,14-8+,20-10-,22-18+/t24-,25-,26-,29-/m1/s1. The molecule has 0 saturated carbocycles. The van der Waals surface area contributed by atoms with Gasteiger partial charge in [0.05, 0.1) is 12.2 Å².